The minimum Gasteiger partial charge on any atom is -0.504 e. The number of alkyl halides is 1. The molecule has 0 heterocycles. The van der Waals surface area contributed by atoms with Gasteiger partial charge in [0.05, 0.1) is 6.61 Å². The maximum Gasteiger partial charge on any atom is 0.161 e. The molecule has 0 aliphatic carbocycles. The molecule has 0 radical (unpaired) electrons. The van der Waals surface area contributed by atoms with Crippen molar-refractivity contribution in [1.82, 2.24) is 0 Å². The second-order valence-electron chi connectivity index (χ2n) is 2.33. The summed E-state index contributed by atoms with van der Waals surface area (Å²) in [5.41, 5.74) is 0.848. The van der Waals surface area contributed by atoms with E-state index in [0.29, 0.717) is 17.7 Å². The highest BCUT2D eigenvalue weighted by atomic mass is 79.9. The van der Waals surface area contributed by atoms with Crippen molar-refractivity contribution in [2.24, 2.45) is 0 Å². The molecule has 2 nitrogen and oxygen atoms in total. The lowest BCUT2D eigenvalue weighted by Gasteiger charge is -2.07. The maximum absolute atomic E-state index is 9.56. The number of para-hydroxylation sites is 1. The third-order valence-corrected chi connectivity index (χ3v) is 2.13. The molecule has 0 spiro atoms. The van der Waals surface area contributed by atoms with Crippen LogP contribution in [0.15, 0.2) is 18.2 Å². The third kappa shape index (κ3) is 1.91. The smallest absolute Gasteiger partial charge is 0.161 e. The fraction of sp³-hybridized carbons (Fsp3) is 0.333. The molecule has 0 aliphatic heterocycles. The van der Waals surface area contributed by atoms with Gasteiger partial charge in [0, 0.05) is 10.9 Å². The number of aromatic hydroxyl groups is 1. The number of ether oxygens (including phenoxy) is 1. The number of benzene rings is 1. The van der Waals surface area contributed by atoms with Crippen molar-refractivity contribution in [2.45, 2.75) is 12.3 Å². The van der Waals surface area contributed by atoms with Gasteiger partial charge in [0.2, 0.25) is 0 Å². The normalized spacial score (nSPS) is 9.83. The van der Waals surface area contributed by atoms with Gasteiger partial charge in [0.25, 0.3) is 0 Å². The van der Waals surface area contributed by atoms with Crippen LogP contribution < -0.4 is 4.74 Å². The van der Waals surface area contributed by atoms with Gasteiger partial charge in [-0.25, -0.2) is 0 Å². The summed E-state index contributed by atoms with van der Waals surface area (Å²) >= 11 is 3.28. The van der Waals surface area contributed by atoms with Crippen LogP contribution in [0.1, 0.15) is 12.5 Å². The minimum absolute atomic E-state index is 0.233. The Morgan fingerprint density at radius 1 is 1.50 bits per heavy atom. The van der Waals surface area contributed by atoms with Gasteiger partial charge in [0.1, 0.15) is 0 Å². The topological polar surface area (TPSA) is 29.5 Å². The Morgan fingerprint density at radius 2 is 2.25 bits per heavy atom. The van der Waals surface area contributed by atoms with E-state index in [9.17, 15) is 5.11 Å². The summed E-state index contributed by atoms with van der Waals surface area (Å²) in [5, 5.41) is 10.2. The van der Waals surface area contributed by atoms with E-state index in [2.05, 4.69) is 15.9 Å². The summed E-state index contributed by atoms with van der Waals surface area (Å²) in [6.07, 6.45) is 0. The fourth-order valence-electron chi connectivity index (χ4n) is 0.948. The Bertz CT molecular complexity index is 261. The fourth-order valence-corrected chi connectivity index (χ4v) is 1.40. The lowest BCUT2D eigenvalue weighted by atomic mass is 10.2. The Kier molecular flexibility index (Phi) is 3.41. The predicted octanol–water partition coefficient (Wildman–Crippen LogP) is 2.69. The molecule has 1 aromatic rings. The van der Waals surface area contributed by atoms with Gasteiger partial charge in [-0.2, -0.15) is 0 Å². The lowest BCUT2D eigenvalue weighted by molar-refractivity contribution is 0.317. The minimum atomic E-state index is 0.233. The Hall–Kier alpha value is -0.700. The molecule has 0 bridgehead atoms. The first kappa shape index (κ1) is 9.39. The van der Waals surface area contributed by atoms with Crippen molar-refractivity contribution in [1.29, 1.82) is 0 Å². The highest BCUT2D eigenvalue weighted by Gasteiger charge is 2.05. The Morgan fingerprint density at radius 3 is 2.83 bits per heavy atom. The highest BCUT2D eigenvalue weighted by Crippen LogP contribution is 2.30. The molecule has 0 aliphatic rings. The van der Waals surface area contributed by atoms with Crippen molar-refractivity contribution in [3.05, 3.63) is 23.8 Å². The largest absolute Gasteiger partial charge is 0.504 e. The summed E-state index contributed by atoms with van der Waals surface area (Å²) < 4.78 is 5.21. The van der Waals surface area contributed by atoms with Crippen LogP contribution in [0, 0.1) is 0 Å². The van der Waals surface area contributed by atoms with Crippen LogP contribution in [0.5, 0.6) is 11.5 Å². The van der Waals surface area contributed by atoms with Crippen LogP contribution in [0.3, 0.4) is 0 Å². The summed E-state index contributed by atoms with van der Waals surface area (Å²) in [6.45, 7) is 2.46. The first-order chi connectivity index (χ1) is 5.79. The summed E-state index contributed by atoms with van der Waals surface area (Å²) in [5.74, 6) is 0.783. The number of hydrogen-bond donors (Lipinski definition) is 1. The molecule has 66 valence electrons. The van der Waals surface area contributed by atoms with Crippen LogP contribution in [-0.4, -0.2) is 11.7 Å². The second kappa shape index (κ2) is 4.36. The zero-order chi connectivity index (χ0) is 8.97. The summed E-state index contributed by atoms with van der Waals surface area (Å²) in [6, 6.07) is 5.47. The quantitative estimate of drug-likeness (QED) is 0.810. The SMILES string of the molecule is CCOc1cccc(CBr)c1O. The lowest BCUT2D eigenvalue weighted by Crippen LogP contribution is -1.92. The average Bonchev–Trinajstić information content (AvgIpc) is 2.09. The van der Waals surface area contributed by atoms with Crippen LogP contribution in [0.4, 0.5) is 0 Å². The van der Waals surface area contributed by atoms with Gasteiger partial charge >= 0.3 is 0 Å². The molecule has 0 atom stereocenters. The number of phenols is 1. The summed E-state index contributed by atoms with van der Waals surface area (Å²) in [4.78, 5) is 0. The molecular weight excluding hydrogens is 220 g/mol. The van der Waals surface area contributed by atoms with Crippen molar-refractivity contribution in [3.8, 4) is 11.5 Å². The van der Waals surface area contributed by atoms with E-state index in [4.69, 9.17) is 4.74 Å². The second-order valence-corrected chi connectivity index (χ2v) is 2.89. The monoisotopic (exact) mass is 230 g/mol. The zero-order valence-electron chi connectivity index (χ0n) is 6.88. The van der Waals surface area contributed by atoms with Gasteiger partial charge in [-0.1, -0.05) is 28.1 Å². The first-order valence-electron chi connectivity index (χ1n) is 3.79. The molecule has 0 unspecified atom stereocenters. The van der Waals surface area contributed by atoms with Crippen molar-refractivity contribution in [3.63, 3.8) is 0 Å². The standard InChI is InChI=1S/C9H11BrO2/c1-2-12-8-5-3-4-7(6-10)9(8)11/h3-5,11H,2,6H2,1H3. The number of phenolic OH excluding ortho intramolecular Hbond substituents is 1. The van der Waals surface area contributed by atoms with E-state index < -0.39 is 0 Å². The van der Waals surface area contributed by atoms with Gasteiger partial charge in [-0.15, -0.1) is 0 Å². The van der Waals surface area contributed by atoms with Gasteiger partial charge in [-0.05, 0) is 13.0 Å². The zero-order valence-corrected chi connectivity index (χ0v) is 8.47. The molecule has 1 aromatic carbocycles. The molecule has 0 aromatic heterocycles. The van der Waals surface area contributed by atoms with Crippen molar-refractivity contribution >= 4 is 15.9 Å². The molecular formula is C9H11BrO2. The molecule has 0 fully saturated rings. The molecule has 0 saturated heterocycles. The van der Waals surface area contributed by atoms with E-state index in [1.54, 1.807) is 6.07 Å². The first-order valence-corrected chi connectivity index (χ1v) is 4.91. The van der Waals surface area contributed by atoms with E-state index in [0.717, 1.165) is 5.56 Å². The molecule has 0 saturated carbocycles. The average molecular weight is 231 g/mol. The third-order valence-electron chi connectivity index (χ3n) is 1.53. The molecule has 1 N–H and O–H groups in total. The van der Waals surface area contributed by atoms with E-state index >= 15 is 0 Å². The summed E-state index contributed by atoms with van der Waals surface area (Å²) in [7, 11) is 0. The van der Waals surface area contributed by atoms with E-state index in [1.165, 1.54) is 0 Å². The van der Waals surface area contributed by atoms with Crippen LogP contribution in [-0.2, 0) is 5.33 Å². The number of hydrogen-bond acceptors (Lipinski definition) is 2. The molecule has 3 heteroatoms. The highest BCUT2D eigenvalue weighted by molar-refractivity contribution is 9.08. The molecule has 0 amide bonds. The van der Waals surface area contributed by atoms with Crippen LogP contribution in [0.25, 0.3) is 0 Å². The van der Waals surface area contributed by atoms with E-state index in [-0.39, 0.29) is 5.75 Å². The van der Waals surface area contributed by atoms with Crippen molar-refractivity contribution < 1.29 is 9.84 Å². The Labute approximate surface area is 80.3 Å². The van der Waals surface area contributed by atoms with Crippen LogP contribution >= 0.6 is 15.9 Å². The predicted molar refractivity (Wildman–Crippen MR) is 51.9 cm³/mol. The van der Waals surface area contributed by atoms with Crippen molar-refractivity contribution in [2.75, 3.05) is 6.61 Å². The number of rotatable bonds is 3. The molecule has 12 heavy (non-hydrogen) atoms. The number of halogens is 1. The van der Waals surface area contributed by atoms with Crippen LogP contribution in [0.2, 0.25) is 0 Å². The van der Waals surface area contributed by atoms with Gasteiger partial charge in [0.15, 0.2) is 11.5 Å². The van der Waals surface area contributed by atoms with E-state index in [1.807, 2.05) is 19.1 Å². The van der Waals surface area contributed by atoms with Gasteiger partial charge < -0.3 is 9.84 Å². The Balaban J connectivity index is 2.97. The maximum atomic E-state index is 9.56. The van der Waals surface area contributed by atoms with Gasteiger partial charge in [-0.3, -0.25) is 0 Å². The molecule has 1 rings (SSSR count).